The Kier molecular flexibility index (Phi) is 4.18. The molecule has 0 bridgehead atoms. The average Bonchev–Trinajstić information content (AvgIpc) is 3.42. The molecule has 0 amide bonds. The van der Waals surface area contributed by atoms with Crippen LogP contribution in [0.2, 0.25) is 0 Å². The maximum absolute atomic E-state index is 10.4. The lowest BCUT2D eigenvalue weighted by Crippen LogP contribution is -1.86. The maximum atomic E-state index is 10.4. The van der Waals surface area contributed by atoms with Gasteiger partial charge in [-0.25, -0.2) is 4.79 Å². The van der Waals surface area contributed by atoms with Crippen LogP contribution in [-0.4, -0.2) is 16.3 Å². The molecule has 29 heavy (non-hydrogen) atoms. The molecule has 6 heteroatoms. The van der Waals surface area contributed by atoms with E-state index in [0.717, 1.165) is 31.7 Å². The average molecular weight is 401 g/mol. The van der Waals surface area contributed by atoms with Crippen LogP contribution >= 0.6 is 11.3 Å². The minimum absolute atomic E-state index is 0.0910. The number of hydrogen-bond donors (Lipinski definition) is 2. The molecule has 1 aliphatic rings. The summed E-state index contributed by atoms with van der Waals surface area (Å²) in [6, 6.07) is 19.8. The predicted molar refractivity (Wildman–Crippen MR) is 111 cm³/mol. The van der Waals surface area contributed by atoms with Crippen molar-refractivity contribution >= 4 is 33.2 Å². The highest BCUT2D eigenvalue weighted by Gasteiger charge is 2.44. The SMILES string of the molecule is O=C=Nc1ccc(C2OC2c2c(-c3ccc(O)cc3)sc3cc(O)ccc23)cc1. The molecule has 2 unspecified atom stereocenters. The summed E-state index contributed by atoms with van der Waals surface area (Å²) in [7, 11) is 0. The fourth-order valence-corrected chi connectivity index (χ4v) is 4.87. The summed E-state index contributed by atoms with van der Waals surface area (Å²) in [6.07, 6.45) is 1.34. The lowest BCUT2D eigenvalue weighted by molar-refractivity contribution is 0.379. The van der Waals surface area contributed by atoms with Crippen molar-refractivity contribution in [3.63, 3.8) is 0 Å². The van der Waals surface area contributed by atoms with Crippen LogP contribution in [0.15, 0.2) is 71.7 Å². The number of aliphatic imine (C=N–C) groups is 1. The Morgan fingerprint density at radius 1 is 0.897 bits per heavy atom. The number of ether oxygens (including phenoxy) is 1. The molecular formula is C23H15NO4S. The van der Waals surface area contributed by atoms with E-state index >= 15 is 0 Å². The van der Waals surface area contributed by atoms with E-state index in [9.17, 15) is 15.0 Å². The van der Waals surface area contributed by atoms with Gasteiger partial charge in [0.2, 0.25) is 6.08 Å². The molecule has 4 aromatic rings. The van der Waals surface area contributed by atoms with Crippen LogP contribution in [0.4, 0.5) is 5.69 Å². The molecular weight excluding hydrogens is 386 g/mol. The van der Waals surface area contributed by atoms with Gasteiger partial charge in [0, 0.05) is 15.1 Å². The lowest BCUT2D eigenvalue weighted by Gasteiger charge is -2.04. The highest BCUT2D eigenvalue weighted by molar-refractivity contribution is 7.22. The quantitative estimate of drug-likeness (QED) is 0.259. The van der Waals surface area contributed by atoms with E-state index in [1.54, 1.807) is 53.8 Å². The first-order chi connectivity index (χ1) is 14.1. The van der Waals surface area contributed by atoms with Gasteiger partial charge >= 0.3 is 0 Å². The molecule has 3 aromatic carbocycles. The number of fused-ring (bicyclic) bond motifs is 1. The summed E-state index contributed by atoms with van der Waals surface area (Å²) in [6.45, 7) is 0. The molecule has 5 nitrogen and oxygen atoms in total. The molecule has 1 aromatic heterocycles. The van der Waals surface area contributed by atoms with E-state index in [1.807, 2.05) is 30.3 Å². The van der Waals surface area contributed by atoms with Crippen LogP contribution in [0, 0.1) is 0 Å². The molecule has 2 atom stereocenters. The second-order valence-corrected chi connectivity index (χ2v) is 7.90. The minimum atomic E-state index is -0.113. The smallest absolute Gasteiger partial charge is 0.240 e. The number of thiophene rings is 1. The number of epoxide rings is 1. The highest BCUT2D eigenvalue weighted by Crippen LogP contribution is 2.57. The van der Waals surface area contributed by atoms with Gasteiger partial charge in [-0.3, -0.25) is 0 Å². The Balaban J connectivity index is 1.58. The van der Waals surface area contributed by atoms with Crippen LogP contribution in [0.5, 0.6) is 11.5 Å². The van der Waals surface area contributed by atoms with Gasteiger partial charge in [-0.05, 0) is 71.1 Å². The zero-order valence-electron chi connectivity index (χ0n) is 15.1. The Morgan fingerprint density at radius 3 is 2.34 bits per heavy atom. The van der Waals surface area contributed by atoms with E-state index in [1.165, 1.54) is 0 Å². The van der Waals surface area contributed by atoms with E-state index in [4.69, 9.17) is 4.74 Å². The van der Waals surface area contributed by atoms with Gasteiger partial charge in [0.05, 0.1) is 5.69 Å². The summed E-state index contributed by atoms with van der Waals surface area (Å²) >= 11 is 1.59. The van der Waals surface area contributed by atoms with Crippen molar-refractivity contribution in [2.24, 2.45) is 4.99 Å². The topological polar surface area (TPSA) is 82.4 Å². The zero-order chi connectivity index (χ0) is 20.0. The number of rotatable bonds is 4. The van der Waals surface area contributed by atoms with Gasteiger partial charge in [0.25, 0.3) is 0 Å². The van der Waals surface area contributed by atoms with Crippen molar-refractivity contribution in [1.29, 1.82) is 0 Å². The van der Waals surface area contributed by atoms with Crippen molar-refractivity contribution in [3.05, 3.63) is 77.9 Å². The number of hydrogen-bond acceptors (Lipinski definition) is 6. The van der Waals surface area contributed by atoms with E-state index in [0.29, 0.717) is 5.69 Å². The molecule has 0 saturated carbocycles. The Hall–Kier alpha value is -3.44. The molecule has 1 fully saturated rings. The van der Waals surface area contributed by atoms with Crippen molar-refractivity contribution in [1.82, 2.24) is 0 Å². The van der Waals surface area contributed by atoms with Gasteiger partial charge in [-0.15, -0.1) is 11.3 Å². The molecule has 0 radical (unpaired) electrons. The Labute approximate surface area is 170 Å². The van der Waals surface area contributed by atoms with Gasteiger partial charge in [0.15, 0.2) is 0 Å². The summed E-state index contributed by atoms with van der Waals surface area (Å²) in [5, 5.41) is 20.6. The fourth-order valence-electron chi connectivity index (χ4n) is 3.59. The second-order valence-electron chi connectivity index (χ2n) is 6.84. The van der Waals surface area contributed by atoms with Crippen LogP contribution in [0.25, 0.3) is 20.5 Å². The molecule has 2 N–H and O–H groups in total. The van der Waals surface area contributed by atoms with Gasteiger partial charge < -0.3 is 14.9 Å². The summed E-state index contributed by atoms with van der Waals surface area (Å²) in [4.78, 5) is 15.1. The number of phenols is 2. The molecule has 2 heterocycles. The molecule has 5 rings (SSSR count). The third-order valence-corrected chi connectivity index (χ3v) is 6.23. The zero-order valence-corrected chi connectivity index (χ0v) is 15.9. The van der Waals surface area contributed by atoms with Gasteiger partial charge in [-0.1, -0.05) is 12.1 Å². The van der Waals surface area contributed by atoms with Crippen molar-refractivity contribution in [2.45, 2.75) is 12.2 Å². The molecule has 1 saturated heterocycles. The predicted octanol–water partition coefficient (Wildman–Crippen LogP) is 5.76. The molecule has 1 aliphatic heterocycles. The third kappa shape index (κ3) is 3.19. The standard InChI is InChI=1S/C23H15NO4S/c25-12-24-15-5-1-13(2-6-15)21-22(28-21)20-18-10-9-17(27)11-19(18)29-23(20)14-3-7-16(26)8-4-14/h1-11,21-22,26-27H. The summed E-state index contributed by atoms with van der Waals surface area (Å²) in [5.41, 5.74) is 3.64. The molecule has 0 aliphatic carbocycles. The number of aromatic hydroxyl groups is 2. The van der Waals surface area contributed by atoms with Gasteiger partial charge in [0.1, 0.15) is 23.7 Å². The van der Waals surface area contributed by atoms with E-state index in [2.05, 4.69) is 4.99 Å². The van der Waals surface area contributed by atoms with Gasteiger partial charge in [-0.2, -0.15) is 4.99 Å². The first kappa shape index (κ1) is 17.6. The second kappa shape index (κ2) is 6.87. The number of carbonyl (C=O) groups excluding carboxylic acids is 1. The largest absolute Gasteiger partial charge is 0.508 e. The Morgan fingerprint density at radius 2 is 1.62 bits per heavy atom. The van der Waals surface area contributed by atoms with Crippen molar-refractivity contribution in [2.75, 3.05) is 0 Å². The van der Waals surface area contributed by atoms with Crippen LogP contribution in [0.1, 0.15) is 23.3 Å². The fraction of sp³-hybridized carbons (Fsp3) is 0.0870. The van der Waals surface area contributed by atoms with E-state index in [-0.39, 0.29) is 23.7 Å². The highest BCUT2D eigenvalue weighted by atomic mass is 32.1. The van der Waals surface area contributed by atoms with Crippen LogP contribution in [-0.2, 0) is 9.53 Å². The molecule has 142 valence electrons. The summed E-state index contributed by atoms with van der Waals surface area (Å²) < 4.78 is 7.04. The number of phenolic OH excluding ortho intramolecular Hbond substituents is 2. The number of isocyanates is 1. The number of benzene rings is 3. The third-order valence-electron chi connectivity index (χ3n) is 5.01. The lowest BCUT2D eigenvalue weighted by atomic mass is 9.99. The monoisotopic (exact) mass is 401 g/mol. The minimum Gasteiger partial charge on any atom is -0.508 e. The molecule has 0 spiro atoms. The maximum Gasteiger partial charge on any atom is 0.240 e. The van der Waals surface area contributed by atoms with Crippen molar-refractivity contribution < 1.29 is 19.7 Å². The van der Waals surface area contributed by atoms with E-state index < -0.39 is 0 Å². The van der Waals surface area contributed by atoms with Crippen LogP contribution in [0.3, 0.4) is 0 Å². The van der Waals surface area contributed by atoms with Crippen LogP contribution < -0.4 is 0 Å². The first-order valence-electron chi connectivity index (χ1n) is 9.02. The normalized spacial score (nSPS) is 17.8. The number of nitrogens with zero attached hydrogens (tertiary/aromatic N) is 1. The Bertz CT molecular complexity index is 1250. The first-order valence-corrected chi connectivity index (χ1v) is 9.84. The van der Waals surface area contributed by atoms with Crippen molar-refractivity contribution in [3.8, 4) is 21.9 Å². The summed E-state index contributed by atoms with van der Waals surface area (Å²) in [5.74, 6) is 0.440.